The smallest absolute Gasteiger partial charge is 0.160 e. The van der Waals surface area contributed by atoms with Gasteiger partial charge in [-0.1, -0.05) is 6.07 Å². The molecular weight excluding hydrogens is 306 g/mol. The van der Waals surface area contributed by atoms with E-state index in [-0.39, 0.29) is 11.5 Å². The Labute approximate surface area is 142 Å². The van der Waals surface area contributed by atoms with Crippen molar-refractivity contribution in [3.05, 3.63) is 47.0 Å². The third-order valence-electron chi connectivity index (χ3n) is 4.07. The maximum Gasteiger partial charge on any atom is 0.160 e. The van der Waals surface area contributed by atoms with Gasteiger partial charge in [-0.05, 0) is 73.8 Å². The number of phenols is 2. The van der Waals surface area contributed by atoms with E-state index in [1.165, 1.54) is 7.11 Å². The minimum absolute atomic E-state index is 0.142. The molecule has 0 unspecified atom stereocenters. The topological polar surface area (TPSA) is 71.0 Å². The van der Waals surface area contributed by atoms with Crippen molar-refractivity contribution in [2.24, 2.45) is 0 Å². The van der Waals surface area contributed by atoms with E-state index in [1.807, 2.05) is 19.2 Å². The average molecular weight is 331 g/mol. The summed E-state index contributed by atoms with van der Waals surface area (Å²) in [5.41, 5.74) is 3.25. The van der Waals surface area contributed by atoms with Crippen molar-refractivity contribution in [2.45, 2.75) is 19.3 Å². The minimum atomic E-state index is 0.142. The van der Waals surface area contributed by atoms with Crippen molar-refractivity contribution >= 4 is 0 Å². The SMILES string of the molecule is CNCCc1cc(OC)c(O)cc1CCc1ccc(OC)c(O)c1. The Morgan fingerprint density at radius 1 is 0.833 bits per heavy atom. The highest BCUT2D eigenvalue weighted by Gasteiger charge is 2.11. The third kappa shape index (κ3) is 4.32. The molecule has 0 radical (unpaired) electrons. The second-order valence-electron chi connectivity index (χ2n) is 5.65. The number of rotatable bonds is 8. The standard InChI is InChI=1S/C19H25NO4/c1-20-9-8-15-12-19(24-3)17(22)11-14(15)6-4-13-5-7-18(23-2)16(21)10-13/h5,7,10-12,20-22H,4,6,8-9H2,1-3H3. The first-order valence-corrected chi connectivity index (χ1v) is 7.98. The van der Waals surface area contributed by atoms with Crippen LogP contribution in [0.3, 0.4) is 0 Å². The molecule has 5 heteroatoms. The summed E-state index contributed by atoms with van der Waals surface area (Å²) in [6, 6.07) is 9.09. The molecule has 24 heavy (non-hydrogen) atoms. The van der Waals surface area contributed by atoms with E-state index in [2.05, 4.69) is 5.32 Å². The molecule has 0 heterocycles. The Kier molecular flexibility index (Phi) is 6.32. The number of phenolic OH excluding ortho intramolecular Hbond substituents is 2. The van der Waals surface area contributed by atoms with E-state index < -0.39 is 0 Å². The molecule has 0 saturated heterocycles. The molecule has 0 aliphatic rings. The van der Waals surface area contributed by atoms with Gasteiger partial charge in [0.25, 0.3) is 0 Å². The van der Waals surface area contributed by atoms with Crippen LogP contribution in [0.25, 0.3) is 0 Å². The predicted molar refractivity (Wildman–Crippen MR) is 94.4 cm³/mol. The van der Waals surface area contributed by atoms with Crippen LogP contribution in [-0.4, -0.2) is 38.0 Å². The summed E-state index contributed by atoms with van der Waals surface area (Å²) in [5, 5.41) is 23.1. The Bertz CT molecular complexity index is 685. The number of hydrogen-bond acceptors (Lipinski definition) is 5. The fourth-order valence-corrected chi connectivity index (χ4v) is 2.71. The maximum atomic E-state index is 10.1. The van der Waals surface area contributed by atoms with Gasteiger partial charge in [0.1, 0.15) is 0 Å². The quantitative estimate of drug-likeness (QED) is 0.694. The van der Waals surface area contributed by atoms with Crippen LogP contribution >= 0.6 is 0 Å². The normalized spacial score (nSPS) is 10.6. The number of likely N-dealkylation sites (N-methyl/N-ethyl adjacent to an activating group) is 1. The Morgan fingerprint density at radius 2 is 1.50 bits per heavy atom. The van der Waals surface area contributed by atoms with Crippen LogP contribution in [0.15, 0.2) is 30.3 Å². The molecule has 2 aromatic rings. The fraction of sp³-hybridized carbons (Fsp3) is 0.368. The van der Waals surface area contributed by atoms with E-state index >= 15 is 0 Å². The largest absolute Gasteiger partial charge is 0.504 e. The highest BCUT2D eigenvalue weighted by Crippen LogP contribution is 2.31. The summed E-state index contributed by atoms with van der Waals surface area (Å²) in [6.07, 6.45) is 2.38. The molecule has 5 nitrogen and oxygen atoms in total. The second-order valence-corrected chi connectivity index (χ2v) is 5.65. The molecule has 0 aromatic heterocycles. The number of nitrogens with one attached hydrogen (secondary N) is 1. The van der Waals surface area contributed by atoms with Gasteiger partial charge in [-0.2, -0.15) is 0 Å². The van der Waals surface area contributed by atoms with E-state index in [9.17, 15) is 10.2 Å². The molecule has 2 rings (SSSR count). The van der Waals surface area contributed by atoms with Crippen molar-refractivity contribution in [3.8, 4) is 23.0 Å². The monoisotopic (exact) mass is 331 g/mol. The number of benzene rings is 2. The van der Waals surface area contributed by atoms with Crippen LogP contribution in [-0.2, 0) is 19.3 Å². The lowest BCUT2D eigenvalue weighted by atomic mass is 9.97. The zero-order valence-corrected chi connectivity index (χ0v) is 14.4. The summed E-state index contributed by atoms with van der Waals surface area (Å²) in [4.78, 5) is 0. The van der Waals surface area contributed by atoms with E-state index in [0.29, 0.717) is 11.5 Å². The Hall–Kier alpha value is -2.40. The van der Waals surface area contributed by atoms with Crippen LogP contribution < -0.4 is 14.8 Å². The lowest BCUT2D eigenvalue weighted by Crippen LogP contribution is -2.12. The molecule has 0 saturated carbocycles. The van der Waals surface area contributed by atoms with Crippen molar-refractivity contribution in [2.75, 3.05) is 27.8 Å². The zero-order valence-electron chi connectivity index (χ0n) is 14.4. The zero-order chi connectivity index (χ0) is 17.5. The first kappa shape index (κ1) is 17.9. The van der Waals surface area contributed by atoms with Gasteiger partial charge in [-0.15, -0.1) is 0 Å². The number of aryl methyl sites for hydroxylation is 2. The summed E-state index contributed by atoms with van der Waals surface area (Å²) < 4.78 is 10.3. The minimum Gasteiger partial charge on any atom is -0.504 e. The summed E-state index contributed by atoms with van der Waals surface area (Å²) in [5.74, 6) is 1.25. The highest BCUT2D eigenvalue weighted by atomic mass is 16.5. The van der Waals surface area contributed by atoms with Gasteiger partial charge >= 0.3 is 0 Å². The Morgan fingerprint density at radius 3 is 2.12 bits per heavy atom. The van der Waals surface area contributed by atoms with Gasteiger partial charge in [0.05, 0.1) is 14.2 Å². The lowest BCUT2D eigenvalue weighted by Gasteiger charge is -2.14. The van der Waals surface area contributed by atoms with Crippen LogP contribution in [0.1, 0.15) is 16.7 Å². The molecule has 0 bridgehead atoms. The van der Waals surface area contributed by atoms with Gasteiger partial charge in [0.15, 0.2) is 23.0 Å². The van der Waals surface area contributed by atoms with Crippen LogP contribution in [0, 0.1) is 0 Å². The van der Waals surface area contributed by atoms with E-state index in [1.54, 1.807) is 25.3 Å². The molecule has 0 fully saturated rings. The van der Waals surface area contributed by atoms with Crippen molar-refractivity contribution in [1.82, 2.24) is 5.32 Å². The van der Waals surface area contributed by atoms with Crippen molar-refractivity contribution < 1.29 is 19.7 Å². The lowest BCUT2D eigenvalue weighted by molar-refractivity contribution is 0.372. The van der Waals surface area contributed by atoms with Gasteiger partial charge in [0.2, 0.25) is 0 Å². The Balaban J connectivity index is 2.18. The molecule has 2 aromatic carbocycles. The third-order valence-corrected chi connectivity index (χ3v) is 4.07. The van der Waals surface area contributed by atoms with E-state index in [4.69, 9.17) is 9.47 Å². The van der Waals surface area contributed by atoms with Crippen LogP contribution in [0.5, 0.6) is 23.0 Å². The van der Waals surface area contributed by atoms with Crippen molar-refractivity contribution in [3.63, 3.8) is 0 Å². The number of ether oxygens (including phenoxy) is 2. The van der Waals surface area contributed by atoms with Gasteiger partial charge in [0, 0.05) is 0 Å². The predicted octanol–water partition coefficient (Wildman–Crippen LogP) is 2.66. The molecule has 0 atom stereocenters. The molecule has 0 spiro atoms. The van der Waals surface area contributed by atoms with Crippen molar-refractivity contribution in [1.29, 1.82) is 0 Å². The molecular formula is C19H25NO4. The molecule has 0 aliphatic carbocycles. The number of hydrogen-bond donors (Lipinski definition) is 3. The summed E-state index contributed by atoms with van der Waals surface area (Å²) in [7, 11) is 5.00. The highest BCUT2D eigenvalue weighted by molar-refractivity contribution is 5.47. The molecule has 130 valence electrons. The molecule has 0 aliphatic heterocycles. The average Bonchev–Trinajstić information content (AvgIpc) is 2.59. The number of aromatic hydroxyl groups is 2. The van der Waals surface area contributed by atoms with Crippen LogP contribution in [0.2, 0.25) is 0 Å². The fourth-order valence-electron chi connectivity index (χ4n) is 2.71. The second kappa shape index (κ2) is 8.45. The van der Waals surface area contributed by atoms with Gasteiger partial charge < -0.3 is 25.0 Å². The number of methoxy groups -OCH3 is 2. The molecule has 3 N–H and O–H groups in total. The molecule has 0 amide bonds. The van der Waals surface area contributed by atoms with Crippen LogP contribution in [0.4, 0.5) is 0 Å². The maximum absolute atomic E-state index is 10.1. The summed E-state index contributed by atoms with van der Waals surface area (Å²) in [6.45, 7) is 0.851. The van der Waals surface area contributed by atoms with Gasteiger partial charge in [-0.3, -0.25) is 0 Å². The first-order chi connectivity index (χ1) is 11.6. The first-order valence-electron chi connectivity index (χ1n) is 7.98. The summed E-state index contributed by atoms with van der Waals surface area (Å²) >= 11 is 0. The van der Waals surface area contributed by atoms with Gasteiger partial charge in [-0.25, -0.2) is 0 Å². The van der Waals surface area contributed by atoms with E-state index in [0.717, 1.165) is 42.5 Å².